The number of nitrogens with zero attached hydrogens (tertiary/aromatic N) is 6. The Labute approximate surface area is 180 Å². The van der Waals surface area contributed by atoms with Gasteiger partial charge < -0.3 is 9.80 Å². The lowest BCUT2D eigenvalue weighted by atomic mass is 10.2. The van der Waals surface area contributed by atoms with E-state index in [0.717, 1.165) is 36.7 Å². The first kappa shape index (κ1) is 20.9. The second kappa shape index (κ2) is 8.39. The van der Waals surface area contributed by atoms with Gasteiger partial charge in [-0.3, -0.25) is 9.97 Å². The smallest absolute Gasteiger partial charge is 0.368 e. The van der Waals surface area contributed by atoms with Crippen LogP contribution in [0.2, 0.25) is 10.3 Å². The van der Waals surface area contributed by atoms with E-state index >= 15 is 0 Å². The quantitative estimate of drug-likeness (QED) is 0.513. The topological polar surface area (TPSA) is 58.0 Å². The monoisotopic (exact) mass is 456 g/mol. The maximum absolute atomic E-state index is 13.1. The summed E-state index contributed by atoms with van der Waals surface area (Å²) in [5.74, 6) is 0.175. The van der Waals surface area contributed by atoms with Crippen molar-refractivity contribution in [3.63, 3.8) is 0 Å². The Kier molecular flexibility index (Phi) is 5.84. The first-order chi connectivity index (χ1) is 14.3. The van der Waals surface area contributed by atoms with E-state index in [-0.39, 0.29) is 5.82 Å². The maximum Gasteiger partial charge on any atom is 0.433 e. The van der Waals surface area contributed by atoms with Crippen molar-refractivity contribution in [3.8, 4) is 0 Å². The van der Waals surface area contributed by atoms with Crippen molar-refractivity contribution in [2.45, 2.75) is 19.0 Å². The molecule has 3 aromatic heterocycles. The molecule has 0 spiro atoms. The standard InChI is InChI=1S/C19H17Cl2F3N6/c20-12-9-13-17(26-11-12)14(3-4-25-13)29-5-1-2-6-30(8-7-29)16-10-15(19(22,23)24)27-18(21)28-16/h3-4,9-11H,1-2,5-8H2. The summed E-state index contributed by atoms with van der Waals surface area (Å²) in [6.07, 6.45) is 0.346. The fourth-order valence-corrected chi connectivity index (χ4v) is 3.83. The molecule has 6 nitrogen and oxygen atoms in total. The van der Waals surface area contributed by atoms with Crippen LogP contribution in [0.5, 0.6) is 0 Å². The van der Waals surface area contributed by atoms with Crippen molar-refractivity contribution in [2.24, 2.45) is 0 Å². The summed E-state index contributed by atoms with van der Waals surface area (Å²) in [6.45, 7) is 2.44. The van der Waals surface area contributed by atoms with Gasteiger partial charge >= 0.3 is 6.18 Å². The summed E-state index contributed by atoms with van der Waals surface area (Å²) in [5.41, 5.74) is 1.29. The molecule has 3 aromatic rings. The Balaban J connectivity index is 1.61. The number of pyridine rings is 2. The van der Waals surface area contributed by atoms with Gasteiger partial charge in [-0.25, -0.2) is 9.97 Å². The highest BCUT2D eigenvalue weighted by molar-refractivity contribution is 6.31. The predicted octanol–water partition coefficient (Wildman–Crippen LogP) is 4.85. The minimum Gasteiger partial charge on any atom is -0.368 e. The van der Waals surface area contributed by atoms with Gasteiger partial charge in [-0.15, -0.1) is 0 Å². The Morgan fingerprint density at radius 3 is 2.40 bits per heavy atom. The largest absolute Gasteiger partial charge is 0.433 e. The number of halogens is 5. The second-order valence-electron chi connectivity index (χ2n) is 6.91. The summed E-state index contributed by atoms with van der Waals surface area (Å²) in [7, 11) is 0. The summed E-state index contributed by atoms with van der Waals surface area (Å²) < 4.78 is 39.4. The molecule has 0 N–H and O–H groups in total. The fraction of sp³-hybridized carbons (Fsp3) is 0.368. The molecule has 1 saturated heterocycles. The molecule has 0 radical (unpaired) electrons. The van der Waals surface area contributed by atoms with Crippen LogP contribution in [-0.4, -0.2) is 46.1 Å². The van der Waals surface area contributed by atoms with Gasteiger partial charge in [-0.05, 0) is 36.6 Å². The summed E-state index contributed by atoms with van der Waals surface area (Å²) in [4.78, 5) is 20.0. The molecule has 0 bridgehead atoms. The molecule has 1 aliphatic heterocycles. The van der Waals surface area contributed by atoms with E-state index in [0.29, 0.717) is 30.2 Å². The highest BCUT2D eigenvalue weighted by Gasteiger charge is 2.34. The minimum absolute atomic E-state index is 0.175. The Bertz CT molecular complexity index is 1060. The Hall–Kier alpha value is -2.39. The minimum atomic E-state index is -4.58. The third-order valence-corrected chi connectivity index (χ3v) is 5.28. The van der Waals surface area contributed by atoms with Gasteiger partial charge in [-0.2, -0.15) is 13.2 Å². The highest BCUT2D eigenvalue weighted by atomic mass is 35.5. The van der Waals surface area contributed by atoms with Crippen LogP contribution in [0.4, 0.5) is 24.7 Å². The van der Waals surface area contributed by atoms with E-state index in [1.54, 1.807) is 18.5 Å². The van der Waals surface area contributed by atoms with Crippen molar-refractivity contribution in [2.75, 3.05) is 36.0 Å². The van der Waals surface area contributed by atoms with E-state index in [4.69, 9.17) is 23.2 Å². The SMILES string of the molecule is FC(F)(F)c1cc(N2CCCCN(c3ccnc4cc(Cl)cnc34)CC2)nc(Cl)n1. The zero-order valence-corrected chi connectivity index (χ0v) is 17.2. The predicted molar refractivity (Wildman–Crippen MR) is 110 cm³/mol. The van der Waals surface area contributed by atoms with Gasteiger partial charge in [0.05, 0.1) is 16.2 Å². The molecule has 11 heteroatoms. The van der Waals surface area contributed by atoms with Gasteiger partial charge in [0.1, 0.15) is 11.3 Å². The molecule has 30 heavy (non-hydrogen) atoms. The van der Waals surface area contributed by atoms with Crippen LogP contribution in [0.1, 0.15) is 18.5 Å². The van der Waals surface area contributed by atoms with E-state index in [2.05, 4.69) is 24.8 Å². The molecular formula is C19H17Cl2F3N6. The van der Waals surface area contributed by atoms with Crippen molar-refractivity contribution in [1.29, 1.82) is 0 Å². The van der Waals surface area contributed by atoms with Gasteiger partial charge in [-0.1, -0.05) is 11.6 Å². The maximum atomic E-state index is 13.1. The lowest BCUT2D eigenvalue weighted by Gasteiger charge is -2.33. The van der Waals surface area contributed by atoms with E-state index in [9.17, 15) is 13.2 Å². The lowest BCUT2D eigenvalue weighted by molar-refractivity contribution is -0.141. The molecule has 0 atom stereocenters. The summed E-state index contributed by atoms with van der Waals surface area (Å²) >= 11 is 11.8. The number of alkyl halides is 3. The van der Waals surface area contributed by atoms with Gasteiger partial charge in [0.15, 0.2) is 5.69 Å². The van der Waals surface area contributed by atoms with Crippen LogP contribution >= 0.6 is 23.2 Å². The van der Waals surface area contributed by atoms with Gasteiger partial charge in [0.25, 0.3) is 0 Å². The molecule has 4 rings (SSSR count). The molecule has 0 amide bonds. The molecule has 0 saturated carbocycles. The molecular weight excluding hydrogens is 440 g/mol. The van der Waals surface area contributed by atoms with Crippen LogP contribution in [0.3, 0.4) is 0 Å². The van der Waals surface area contributed by atoms with E-state index in [1.165, 1.54) is 0 Å². The van der Waals surface area contributed by atoms with Crippen LogP contribution in [0.25, 0.3) is 11.0 Å². The van der Waals surface area contributed by atoms with Gasteiger partial charge in [0, 0.05) is 44.6 Å². The third kappa shape index (κ3) is 4.52. The fourth-order valence-electron chi connectivity index (χ4n) is 3.50. The lowest BCUT2D eigenvalue weighted by Crippen LogP contribution is -2.39. The summed E-state index contributed by atoms with van der Waals surface area (Å²) in [6, 6.07) is 4.59. The summed E-state index contributed by atoms with van der Waals surface area (Å²) in [5, 5.41) is 0.0899. The van der Waals surface area contributed by atoms with Crippen molar-refractivity contribution < 1.29 is 13.2 Å². The molecule has 1 aliphatic rings. The average Bonchev–Trinajstić information content (AvgIpc) is 2.66. The molecule has 0 unspecified atom stereocenters. The Morgan fingerprint density at radius 1 is 0.900 bits per heavy atom. The Morgan fingerprint density at radius 2 is 1.63 bits per heavy atom. The third-order valence-electron chi connectivity index (χ3n) is 4.91. The van der Waals surface area contributed by atoms with Crippen molar-refractivity contribution in [3.05, 3.63) is 46.6 Å². The van der Waals surface area contributed by atoms with E-state index in [1.807, 2.05) is 11.0 Å². The van der Waals surface area contributed by atoms with Crippen LogP contribution in [0, 0.1) is 0 Å². The number of rotatable bonds is 2. The highest BCUT2D eigenvalue weighted by Crippen LogP contribution is 2.31. The average molecular weight is 457 g/mol. The number of aromatic nitrogens is 4. The molecule has 1 fully saturated rings. The van der Waals surface area contributed by atoms with Crippen molar-refractivity contribution in [1.82, 2.24) is 19.9 Å². The number of hydrogen-bond acceptors (Lipinski definition) is 6. The van der Waals surface area contributed by atoms with Crippen molar-refractivity contribution >= 4 is 45.7 Å². The second-order valence-corrected chi connectivity index (χ2v) is 7.69. The zero-order chi connectivity index (χ0) is 21.3. The van der Waals surface area contributed by atoms with Gasteiger partial charge in [0.2, 0.25) is 5.28 Å². The molecule has 4 heterocycles. The normalized spacial score (nSPS) is 15.9. The van der Waals surface area contributed by atoms with Crippen LogP contribution < -0.4 is 9.80 Å². The number of hydrogen-bond donors (Lipinski definition) is 0. The number of anilines is 2. The van der Waals surface area contributed by atoms with Crippen LogP contribution in [0.15, 0.2) is 30.6 Å². The molecule has 158 valence electrons. The number of fused-ring (bicyclic) bond motifs is 1. The first-order valence-corrected chi connectivity index (χ1v) is 10.1. The molecule has 0 aliphatic carbocycles. The zero-order valence-electron chi connectivity index (χ0n) is 15.7. The van der Waals surface area contributed by atoms with Crippen LogP contribution in [-0.2, 0) is 6.18 Å². The van der Waals surface area contributed by atoms with E-state index < -0.39 is 17.2 Å². The molecule has 0 aromatic carbocycles. The first-order valence-electron chi connectivity index (χ1n) is 9.33.